The second kappa shape index (κ2) is 2.70. The van der Waals surface area contributed by atoms with Gasteiger partial charge in [-0.05, 0) is 25.5 Å². The first-order valence-electron chi connectivity index (χ1n) is 3.25. The number of benzene rings is 1. The van der Waals surface area contributed by atoms with Crippen LogP contribution in [0.2, 0.25) is 0 Å². The van der Waals surface area contributed by atoms with Crippen molar-refractivity contribution in [1.82, 2.24) is 0 Å². The van der Waals surface area contributed by atoms with Gasteiger partial charge < -0.3 is 0 Å². The van der Waals surface area contributed by atoms with Crippen LogP contribution in [0.25, 0.3) is 0 Å². The highest BCUT2D eigenvalue weighted by atomic mass is 16.6. The van der Waals surface area contributed by atoms with Crippen LogP contribution in [0.15, 0.2) is 12.1 Å². The Kier molecular flexibility index (Phi) is 1.89. The van der Waals surface area contributed by atoms with E-state index in [9.17, 15) is 10.1 Å². The Hall–Kier alpha value is -1.38. The fourth-order valence-electron chi connectivity index (χ4n) is 0.855. The average molecular weight is 150 g/mol. The van der Waals surface area contributed by atoms with E-state index in [0.717, 1.165) is 5.56 Å². The molecule has 0 bridgehead atoms. The average Bonchev–Trinajstić information content (AvgIpc) is 1.94. The van der Waals surface area contributed by atoms with Crippen LogP contribution in [0.5, 0.6) is 0 Å². The lowest BCUT2D eigenvalue weighted by Crippen LogP contribution is -1.92. The predicted octanol–water partition coefficient (Wildman–Crippen LogP) is 2.01. The molecule has 0 heterocycles. The van der Waals surface area contributed by atoms with Crippen molar-refractivity contribution in [2.75, 3.05) is 0 Å². The number of nitrogens with zero attached hydrogens (tertiary/aromatic N) is 1. The molecule has 0 unspecified atom stereocenters. The lowest BCUT2D eigenvalue weighted by Gasteiger charge is -1.98. The summed E-state index contributed by atoms with van der Waals surface area (Å²) in [5.74, 6) is 0. The molecule has 0 amide bonds. The Bertz CT molecular complexity index is 294. The topological polar surface area (TPSA) is 43.1 Å². The fourth-order valence-corrected chi connectivity index (χ4v) is 0.855. The van der Waals surface area contributed by atoms with E-state index in [4.69, 9.17) is 0 Å². The molecule has 0 fully saturated rings. The molecule has 0 atom stereocenters. The van der Waals surface area contributed by atoms with Gasteiger partial charge in [0.05, 0.1) is 11.0 Å². The van der Waals surface area contributed by atoms with E-state index < -0.39 is 4.92 Å². The smallest absolute Gasteiger partial charge is 0.258 e. The van der Waals surface area contributed by atoms with Gasteiger partial charge in [0.2, 0.25) is 0 Å². The molecule has 57 valence electrons. The number of aryl methyl sites for hydroxylation is 1. The SMILES string of the molecule is Cc1cc[c]c([N+](=O)[O-])c1C. The van der Waals surface area contributed by atoms with Crippen molar-refractivity contribution in [1.29, 1.82) is 0 Å². The normalized spacial score (nSPS) is 9.64. The standard InChI is InChI=1S/C8H8NO2/c1-6-4-3-5-8(7(6)2)9(10)11/h3-4H,1-2H3. The van der Waals surface area contributed by atoms with Crippen LogP contribution in [0.3, 0.4) is 0 Å². The van der Waals surface area contributed by atoms with Crippen LogP contribution in [0.4, 0.5) is 5.69 Å². The largest absolute Gasteiger partial charge is 0.280 e. The highest BCUT2D eigenvalue weighted by Gasteiger charge is 2.10. The molecule has 3 nitrogen and oxygen atoms in total. The highest BCUT2D eigenvalue weighted by molar-refractivity contribution is 5.42. The van der Waals surface area contributed by atoms with Gasteiger partial charge in [0.25, 0.3) is 5.69 Å². The molecular formula is C8H8NO2. The maximum atomic E-state index is 10.3. The molecule has 1 aromatic carbocycles. The summed E-state index contributed by atoms with van der Waals surface area (Å²) in [5, 5.41) is 10.3. The lowest BCUT2D eigenvalue weighted by molar-refractivity contribution is -0.385. The van der Waals surface area contributed by atoms with Crippen molar-refractivity contribution in [2.24, 2.45) is 0 Å². The van der Waals surface area contributed by atoms with E-state index in [-0.39, 0.29) is 5.69 Å². The maximum absolute atomic E-state index is 10.3. The predicted molar refractivity (Wildman–Crippen MR) is 41.4 cm³/mol. The molecule has 0 aliphatic carbocycles. The first kappa shape index (κ1) is 7.72. The Morgan fingerprint density at radius 2 is 2.18 bits per heavy atom. The molecule has 0 saturated heterocycles. The van der Waals surface area contributed by atoms with Gasteiger partial charge in [-0.1, -0.05) is 6.07 Å². The third kappa shape index (κ3) is 1.37. The van der Waals surface area contributed by atoms with E-state index in [1.54, 1.807) is 13.0 Å². The fraction of sp³-hybridized carbons (Fsp3) is 0.250. The zero-order valence-corrected chi connectivity index (χ0v) is 6.42. The van der Waals surface area contributed by atoms with Gasteiger partial charge in [0.1, 0.15) is 0 Å². The second-order valence-electron chi connectivity index (χ2n) is 2.39. The monoisotopic (exact) mass is 150 g/mol. The van der Waals surface area contributed by atoms with Crippen LogP contribution >= 0.6 is 0 Å². The number of rotatable bonds is 1. The molecular weight excluding hydrogens is 142 g/mol. The Labute approximate surface area is 64.8 Å². The lowest BCUT2D eigenvalue weighted by atomic mass is 10.1. The number of nitro groups is 1. The van der Waals surface area contributed by atoms with E-state index >= 15 is 0 Å². The molecule has 0 saturated carbocycles. The van der Waals surface area contributed by atoms with Crippen LogP contribution in [-0.2, 0) is 0 Å². The molecule has 1 aromatic rings. The van der Waals surface area contributed by atoms with Crippen molar-refractivity contribution in [2.45, 2.75) is 13.8 Å². The highest BCUT2D eigenvalue weighted by Crippen LogP contribution is 2.18. The number of hydrogen-bond acceptors (Lipinski definition) is 2. The minimum atomic E-state index is -0.414. The molecule has 1 radical (unpaired) electrons. The van der Waals surface area contributed by atoms with E-state index in [1.807, 2.05) is 13.0 Å². The number of nitro benzene ring substituents is 1. The minimum absolute atomic E-state index is 0.0741. The van der Waals surface area contributed by atoms with Gasteiger partial charge >= 0.3 is 0 Å². The summed E-state index contributed by atoms with van der Waals surface area (Å²) in [6.07, 6.45) is 0. The molecule has 3 heteroatoms. The maximum Gasteiger partial charge on any atom is 0.280 e. The van der Waals surface area contributed by atoms with Gasteiger partial charge in [0, 0.05) is 5.56 Å². The summed E-state index contributed by atoms with van der Waals surface area (Å²) in [6, 6.07) is 5.96. The molecule has 0 aliphatic heterocycles. The Morgan fingerprint density at radius 1 is 1.55 bits per heavy atom. The Morgan fingerprint density at radius 3 is 2.64 bits per heavy atom. The summed E-state index contributed by atoms with van der Waals surface area (Å²) in [5.41, 5.74) is 1.69. The van der Waals surface area contributed by atoms with Crippen molar-refractivity contribution in [3.63, 3.8) is 0 Å². The van der Waals surface area contributed by atoms with Crippen LogP contribution < -0.4 is 0 Å². The summed E-state index contributed by atoms with van der Waals surface area (Å²) in [4.78, 5) is 9.93. The van der Waals surface area contributed by atoms with Crippen LogP contribution in [0.1, 0.15) is 11.1 Å². The molecule has 1 rings (SSSR count). The molecule has 0 aliphatic rings. The first-order chi connectivity index (χ1) is 5.13. The van der Waals surface area contributed by atoms with Gasteiger partial charge in [-0.3, -0.25) is 10.1 Å². The number of hydrogen-bond donors (Lipinski definition) is 0. The van der Waals surface area contributed by atoms with Gasteiger partial charge in [-0.15, -0.1) is 0 Å². The van der Waals surface area contributed by atoms with Crippen LogP contribution in [-0.4, -0.2) is 4.92 Å². The van der Waals surface area contributed by atoms with E-state index in [0.29, 0.717) is 5.56 Å². The van der Waals surface area contributed by atoms with Gasteiger partial charge in [0.15, 0.2) is 0 Å². The third-order valence-corrected chi connectivity index (χ3v) is 1.68. The van der Waals surface area contributed by atoms with Crippen molar-refractivity contribution in [3.8, 4) is 0 Å². The molecule has 0 N–H and O–H groups in total. The van der Waals surface area contributed by atoms with E-state index in [2.05, 4.69) is 6.07 Å². The third-order valence-electron chi connectivity index (χ3n) is 1.68. The van der Waals surface area contributed by atoms with Crippen LogP contribution in [0, 0.1) is 30.0 Å². The quantitative estimate of drug-likeness (QED) is 0.454. The Balaban J connectivity index is 3.27. The molecule has 11 heavy (non-hydrogen) atoms. The summed E-state index contributed by atoms with van der Waals surface area (Å²) < 4.78 is 0. The van der Waals surface area contributed by atoms with Crippen molar-refractivity contribution >= 4 is 5.69 Å². The molecule has 0 spiro atoms. The molecule has 0 aromatic heterocycles. The van der Waals surface area contributed by atoms with Gasteiger partial charge in [-0.2, -0.15) is 0 Å². The van der Waals surface area contributed by atoms with Gasteiger partial charge in [-0.25, -0.2) is 0 Å². The first-order valence-corrected chi connectivity index (χ1v) is 3.25. The minimum Gasteiger partial charge on any atom is -0.258 e. The summed E-state index contributed by atoms with van der Waals surface area (Å²) in [7, 11) is 0. The van der Waals surface area contributed by atoms with E-state index in [1.165, 1.54) is 0 Å². The second-order valence-corrected chi connectivity index (χ2v) is 2.39. The summed E-state index contributed by atoms with van der Waals surface area (Å²) in [6.45, 7) is 3.57. The van der Waals surface area contributed by atoms with Crippen molar-refractivity contribution in [3.05, 3.63) is 39.4 Å². The zero-order valence-electron chi connectivity index (χ0n) is 6.42. The zero-order chi connectivity index (χ0) is 8.43. The summed E-state index contributed by atoms with van der Waals surface area (Å²) >= 11 is 0. The van der Waals surface area contributed by atoms with Crippen molar-refractivity contribution < 1.29 is 4.92 Å².